The summed E-state index contributed by atoms with van der Waals surface area (Å²) in [5.41, 5.74) is 4.70. The number of hydrogen-bond donors (Lipinski definition) is 1. The minimum absolute atomic E-state index is 0.0763. The number of nitrogens with zero attached hydrogens (tertiary/aromatic N) is 3. The predicted octanol–water partition coefficient (Wildman–Crippen LogP) is 7.06. The normalized spacial score (nSPS) is 21.0. The number of benzene rings is 2. The molecule has 0 saturated carbocycles. The third-order valence-electron chi connectivity index (χ3n) is 9.56. The summed E-state index contributed by atoms with van der Waals surface area (Å²) < 4.78 is 0. The summed E-state index contributed by atoms with van der Waals surface area (Å²) in [6.45, 7) is 8.02. The van der Waals surface area contributed by atoms with Crippen LogP contribution in [-0.4, -0.2) is 47.9 Å². The number of piperidine rings is 2. The van der Waals surface area contributed by atoms with Gasteiger partial charge in [-0.05, 0) is 96.5 Å². The molecule has 8 heteroatoms. The monoisotopic (exact) mass is 590 g/mol. The molecule has 1 N–H and O–H groups in total. The number of aromatic nitrogens is 1. The first kappa shape index (κ1) is 28.0. The van der Waals surface area contributed by atoms with Crippen molar-refractivity contribution in [2.45, 2.75) is 57.4 Å². The Morgan fingerprint density at radius 3 is 2.27 bits per heavy atom. The summed E-state index contributed by atoms with van der Waals surface area (Å²) in [5, 5.41) is 3.98. The molecule has 1 aromatic heterocycles. The van der Waals surface area contributed by atoms with Gasteiger partial charge in [0.15, 0.2) is 0 Å². The van der Waals surface area contributed by atoms with Gasteiger partial charge in [0.05, 0.1) is 16.6 Å². The first-order chi connectivity index (χ1) is 19.6. The number of nitrogens with one attached hydrogen (secondary N) is 1. The number of carbonyl (C=O) groups is 2. The summed E-state index contributed by atoms with van der Waals surface area (Å²) >= 11 is 12.3. The fraction of sp³-hybridized carbons (Fsp3) is 0.424. The maximum absolute atomic E-state index is 13.7. The minimum Gasteiger partial charge on any atom is -0.371 e. The molecule has 2 aromatic carbocycles. The summed E-state index contributed by atoms with van der Waals surface area (Å²) in [6, 6.07) is 14.9. The van der Waals surface area contributed by atoms with Crippen molar-refractivity contribution < 1.29 is 9.59 Å². The fourth-order valence-electron chi connectivity index (χ4n) is 7.03. The Balaban J connectivity index is 1.12. The van der Waals surface area contributed by atoms with Crippen molar-refractivity contribution in [2.75, 3.05) is 31.1 Å². The Hall–Kier alpha value is -3.09. The van der Waals surface area contributed by atoms with Gasteiger partial charge in [-0.15, -0.1) is 0 Å². The quantitative estimate of drug-likeness (QED) is 0.353. The number of anilines is 1. The molecular weight excluding hydrogens is 555 g/mol. The molecular formula is C33H36Cl2N4O2. The number of fused-ring (bicyclic) bond motifs is 1. The highest BCUT2D eigenvalue weighted by Crippen LogP contribution is 2.46. The van der Waals surface area contributed by atoms with Gasteiger partial charge in [-0.2, -0.15) is 0 Å². The first-order valence-electron chi connectivity index (χ1n) is 14.5. The number of hydrogen-bond acceptors (Lipinski definition) is 4. The van der Waals surface area contributed by atoms with Gasteiger partial charge in [0, 0.05) is 54.8 Å². The second-order valence-electron chi connectivity index (χ2n) is 12.5. The standard InChI is InChI=1S/C33H36Cl2N4O2/c1-32(2)21-29(37-30(40)25-5-4-23(34)20-28(25)35)26-19-22(3-6-27(26)32)31(41)39-17-11-33(12-18-39)9-15-38(16-10-33)24-7-13-36-14-8-24/h3-8,13-14,19-20,29H,9-12,15-18,21H2,1-2H3,(H,37,40). The lowest BCUT2D eigenvalue weighted by molar-refractivity contribution is 0.0515. The summed E-state index contributed by atoms with van der Waals surface area (Å²) in [6.07, 6.45) is 8.86. The van der Waals surface area contributed by atoms with Crippen LogP contribution in [0.1, 0.15) is 83.8 Å². The zero-order chi connectivity index (χ0) is 28.8. The van der Waals surface area contributed by atoms with Crippen LogP contribution in [0.15, 0.2) is 60.9 Å². The van der Waals surface area contributed by atoms with Crippen LogP contribution in [0.25, 0.3) is 0 Å². The van der Waals surface area contributed by atoms with Crippen molar-refractivity contribution in [3.63, 3.8) is 0 Å². The molecule has 214 valence electrons. The largest absolute Gasteiger partial charge is 0.371 e. The number of pyridine rings is 1. The maximum atomic E-state index is 13.7. The van der Waals surface area contributed by atoms with Crippen molar-refractivity contribution in [2.24, 2.45) is 5.41 Å². The highest BCUT2D eigenvalue weighted by molar-refractivity contribution is 6.36. The molecule has 3 aromatic rings. The Kier molecular flexibility index (Phi) is 7.50. The molecule has 1 atom stereocenters. The van der Waals surface area contributed by atoms with E-state index >= 15 is 0 Å². The van der Waals surface area contributed by atoms with Crippen molar-refractivity contribution in [1.29, 1.82) is 0 Å². The van der Waals surface area contributed by atoms with Crippen molar-refractivity contribution >= 4 is 40.7 Å². The van der Waals surface area contributed by atoms with Gasteiger partial charge in [-0.3, -0.25) is 14.6 Å². The molecule has 6 nitrogen and oxygen atoms in total. The van der Waals surface area contributed by atoms with E-state index in [4.69, 9.17) is 23.2 Å². The van der Waals surface area contributed by atoms with Gasteiger partial charge in [0.2, 0.25) is 0 Å². The topological polar surface area (TPSA) is 65.5 Å². The maximum Gasteiger partial charge on any atom is 0.253 e. The van der Waals surface area contributed by atoms with E-state index in [9.17, 15) is 9.59 Å². The molecule has 0 bridgehead atoms. The van der Waals surface area contributed by atoms with Crippen LogP contribution in [0.4, 0.5) is 5.69 Å². The lowest BCUT2D eigenvalue weighted by Gasteiger charge is -2.47. The van der Waals surface area contributed by atoms with Crippen molar-refractivity contribution in [3.05, 3.63) is 93.2 Å². The number of amides is 2. The highest BCUT2D eigenvalue weighted by Gasteiger charge is 2.41. The number of halogens is 2. The Morgan fingerprint density at radius 2 is 1.59 bits per heavy atom. The zero-order valence-corrected chi connectivity index (χ0v) is 25.1. The second kappa shape index (κ2) is 11.0. The van der Waals surface area contributed by atoms with Gasteiger partial charge >= 0.3 is 0 Å². The molecule has 41 heavy (non-hydrogen) atoms. The third kappa shape index (κ3) is 5.56. The highest BCUT2D eigenvalue weighted by atomic mass is 35.5. The number of likely N-dealkylation sites (tertiary alicyclic amines) is 1. The molecule has 1 aliphatic carbocycles. The minimum atomic E-state index is -0.242. The molecule has 6 rings (SSSR count). The SMILES string of the molecule is CC1(C)CC(NC(=O)c2ccc(Cl)cc2Cl)c2cc(C(=O)N3CCC4(CC3)CCN(c3ccncc3)CC4)ccc21. The Morgan fingerprint density at radius 1 is 0.902 bits per heavy atom. The van der Waals surface area contributed by atoms with Gasteiger partial charge in [-0.1, -0.05) is 43.1 Å². The van der Waals surface area contributed by atoms with Gasteiger partial charge in [0.25, 0.3) is 11.8 Å². The average molecular weight is 592 g/mol. The van der Waals surface area contributed by atoms with Crippen LogP contribution < -0.4 is 10.2 Å². The smallest absolute Gasteiger partial charge is 0.253 e. The van der Waals surface area contributed by atoms with E-state index in [2.05, 4.69) is 47.2 Å². The van der Waals surface area contributed by atoms with E-state index in [0.717, 1.165) is 63.8 Å². The van der Waals surface area contributed by atoms with Crippen LogP contribution >= 0.6 is 23.2 Å². The molecule has 3 aliphatic rings. The van der Waals surface area contributed by atoms with E-state index < -0.39 is 0 Å². The van der Waals surface area contributed by atoms with Crippen LogP contribution in [-0.2, 0) is 5.41 Å². The third-order valence-corrected chi connectivity index (χ3v) is 10.1. The molecule has 0 radical (unpaired) electrons. The zero-order valence-electron chi connectivity index (χ0n) is 23.6. The molecule has 2 aliphatic heterocycles. The van der Waals surface area contributed by atoms with Crippen LogP contribution in [0.5, 0.6) is 0 Å². The summed E-state index contributed by atoms with van der Waals surface area (Å²) in [5.74, 6) is -0.166. The van der Waals surface area contributed by atoms with E-state index in [1.165, 1.54) is 11.3 Å². The van der Waals surface area contributed by atoms with Gasteiger partial charge in [-0.25, -0.2) is 0 Å². The molecule has 2 saturated heterocycles. The predicted molar refractivity (Wildman–Crippen MR) is 164 cm³/mol. The molecule has 2 amide bonds. The first-order valence-corrected chi connectivity index (χ1v) is 15.2. The Labute approximate surface area is 252 Å². The van der Waals surface area contributed by atoms with Crippen molar-refractivity contribution in [3.8, 4) is 0 Å². The molecule has 1 unspecified atom stereocenters. The van der Waals surface area contributed by atoms with Gasteiger partial charge < -0.3 is 15.1 Å². The van der Waals surface area contributed by atoms with E-state index in [0.29, 0.717) is 26.6 Å². The van der Waals surface area contributed by atoms with Crippen LogP contribution in [0.3, 0.4) is 0 Å². The Bertz CT molecular complexity index is 1460. The van der Waals surface area contributed by atoms with E-state index in [-0.39, 0.29) is 23.3 Å². The number of rotatable bonds is 4. The summed E-state index contributed by atoms with van der Waals surface area (Å²) in [4.78, 5) is 35.5. The lowest BCUT2D eigenvalue weighted by atomic mass is 9.71. The fourth-order valence-corrected chi connectivity index (χ4v) is 7.52. The average Bonchev–Trinajstić information content (AvgIpc) is 3.22. The molecule has 2 fully saturated rings. The number of carbonyl (C=O) groups excluding carboxylic acids is 2. The van der Waals surface area contributed by atoms with Gasteiger partial charge in [0.1, 0.15) is 0 Å². The summed E-state index contributed by atoms with van der Waals surface area (Å²) in [7, 11) is 0. The van der Waals surface area contributed by atoms with E-state index in [1.54, 1.807) is 18.2 Å². The molecule has 1 spiro atoms. The van der Waals surface area contributed by atoms with Crippen LogP contribution in [0, 0.1) is 5.41 Å². The van der Waals surface area contributed by atoms with Crippen LogP contribution in [0.2, 0.25) is 10.0 Å². The van der Waals surface area contributed by atoms with E-state index in [1.807, 2.05) is 29.4 Å². The molecule has 3 heterocycles. The second-order valence-corrected chi connectivity index (χ2v) is 13.4. The lowest BCUT2D eigenvalue weighted by Crippen LogP contribution is -2.48. The van der Waals surface area contributed by atoms with Crippen molar-refractivity contribution in [1.82, 2.24) is 15.2 Å².